The fraction of sp³-hybridized carbons (Fsp3) is 0.130. The molecule has 1 aliphatic heterocycles. The van der Waals surface area contributed by atoms with E-state index in [4.69, 9.17) is 15.2 Å². The van der Waals surface area contributed by atoms with E-state index in [-0.39, 0.29) is 11.1 Å². The van der Waals surface area contributed by atoms with Crippen molar-refractivity contribution < 1.29 is 14.3 Å². The highest BCUT2D eigenvalue weighted by Crippen LogP contribution is 2.33. The van der Waals surface area contributed by atoms with Gasteiger partial charge in [-0.1, -0.05) is 48.5 Å². The first-order chi connectivity index (χ1) is 14.1. The van der Waals surface area contributed by atoms with E-state index in [1.807, 2.05) is 43.3 Å². The molecule has 1 aliphatic rings. The van der Waals surface area contributed by atoms with Crippen LogP contribution in [0.3, 0.4) is 0 Å². The Labute approximate surface area is 173 Å². The van der Waals surface area contributed by atoms with Crippen molar-refractivity contribution in [2.45, 2.75) is 13.5 Å². The van der Waals surface area contributed by atoms with E-state index >= 15 is 0 Å². The van der Waals surface area contributed by atoms with Gasteiger partial charge in [-0.15, -0.1) is 0 Å². The summed E-state index contributed by atoms with van der Waals surface area (Å²) in [5.74, 6) is 0.969. The van der Waals surface area contributed by atoms with Gasteiger partial charge in [-0.3, -0.25) is 4.79 Å². The Bertz CT molecular complexity index is 1130. The number of ether oxygens (including phenoxy) is 2. The van der Waals surface area contributed by atoms with Crippen LogP contribution >= 0.6 is 11.8 Å². The van der Waals surface area contributed by atoms with Gasteiger partial charge >= 0.3 is 0 Å². The van der Waals surface area contributed by atoms with E-state index in [1.165, 1.54) is 22.5 Å². The Balaban J connectivity index is 1.57. The molecule has 0 aliphatic carbocycles. The number of aliphatic imine (C=N–C) groups is 1. The molecule has 0 radical (unpaired) electrons. The Morgan fingerprint density at radius 2 is 1.86 bits per heavy atom. The van der Waals surface area contributed by atoms with Gasteiger partial charge in [-0.2, -0.15) is 4.99 Å². The fourth-order valence-corrected chi connectivity index (χ4v) is 3.83. The number of amides is 1. The third kappa shape index (κ3) is 4.27. The van der Waals surface area contributed by atoms with Crippen molar-refractivity contribution in [2.24, 2.45) is 10.7 Å². The first kappa shape index (κ1) is 19.1. The molecule has 0 aromatic heterocycles. The lowest BCUT2D eigenvalue weighted by Crippen LogP contribution is -2.01. The normalized spacial score (nSPS) is 15.0. The minimum Gasteiger partial charge on any atom is -0.490 e. The maximum atomic E-state index is 11.8. The minimum atomic E-state index is -0.318. The summed E-state index contributed by atoms with van der Waals surface area (Å²) in [4.78, 5) is 16.0. The molecule has 1 heterocycles. The lowest BCUT2D eigenvalue weighted by atomic mass is 10.1. The molecule has 2 N–H and O–H groups in total. The number of amidine groups is 1. The smallest absolute Gasteiger partial charge is 0.286 e. The molecule has 146 valence electrons. The maximum absolute atomic E-state index is 11.8. The van der Waals surface area contributed by atoms with E-state index in [1.54, 1.807) is 6.08 Å². The lowest BCUT2D eigenvalue weighted by molar-refractivity contribution is -0.113. The summed E-state index contributed by atoms with van der Waals surface area (Å²) in [6.45, 7) is 2.86. The van der Waals surface area contributed by atoms with Crippen LogP contribution in [0.15, 0.2) is 70.6 Å². The molecule has 3 aromatic carbocycles. The zero-order valence-corrected chi connectivity index (χ0v) is 16.7. The summed E-state index contributed by atoms with van der Waals surface area (Å²) in [6, 6.07) is 20.0. The summed E-state index contributed by atoms with van der Waals surface area (Å²) < 4.78 is 11.9. The van der Waals surface area contributed by atoms with Crippen molar-refractivity contribution in [3.8, 4) is 11.5 Å². The SMILES string of the molecule is CCOc1cc(/C=C2/SC(N)=NC2=O)ccc1OCc1cccc2ccccc12. The van der Waals surface area contributed by atoms with Gasteiger partial charge in [0.2, 0.25) is 0 Å². The van der Waals surface area contributed by atoms with Crippen LogP contribution in [0, 0.1) is 0 Å². The zero-order chi connectivity index (χ0) is 20.2. The Kier molecular flexibility index (Phi) is 5.53. The van der Waals surface area contributed by atoms with Gasteiger partial charge in [-0.25, -0.2) is 0 Å². The third-order valence-electron chi connectivity index (χ3n) is 4.47. The van der Waals surface area contributed by atoms with Crippen LogP contribution < -0.4 is 15.2 Å². The van der Waals surface area contributed by atoms with Crippen molar-refractivity contribution in [2.75, 3.05) is 6.61 Å². The molecule has 3 aromatic rings. The summed E-state index contributed by atoms with van der Waals surface area (Å²) >= 11 is 1.17. The van der Waals surface area contributed by atoms with Gasteiger partial charge in [0.1, 0.15) is 6.61 Å². The van der Waals surface area contributed by atoms with Crippen LogP contribution in [-0.4, -0.2) is 17.7 Å². The van der Waals surface area contributed by atoms with Crippen LogP contribution in [0.5, 0.6) is 11.5 Å². The molecule has 5 nitrogen and oxygen atoms in total. The van der Waals surface area contributed by atoms with Crippen molar-refractivity contribution in [3.05, 3.63) is 76.7 Å². The number of hydrogen-bond acceptors (Lipinski definition) is 5. The predicted molar refractivity (Wildman–Crippen MR) is 118 cm³/mol. The average Bonchev–Trinajstić information content (AvgIpc) is 3.04. The van der Waals surface area contributed by atoms with Gasteiger partial charge in [0.15, 0.2) is 16.7 Å². The van der Waals surface area contributed by atoms with E-state index in [0.717, 1.165) is 11.1 Å². The molecule has 0 saturated carbocycles. The Hall–Kier alpha value is -3.25. The monoisotopic (exact) mass is 404 g/mol. The molecule has 29 heavy (non-hydrogen) atoms. The van der Waals surface area contributed by atoms with Crippen LogP contribution in [-0.2, 0) is 11.4 Å². The van der Waals surface area contributed by atoms with Gasteiger partial charge in [0.25, 0.3) is 5.91 Å². The molecule has 0 bridgehead atoms. The topological polar surface area (TPSA) is 73.9 Å². The Morgan fingerprint density at radius 1 is 1.03 bits per heavy atom. The fourth-order valence-electron chi connectivity index (χ4n) is 3.15. The number of thioether (sulfide) groups is 1. The second-order valence-corrected chi connectivity index (χ2v) is 7.49. The number of nitrogens with zero attached hydrogens (tertiary/aromatic N) is 1. The van der Waals surface area contributed by atoms with Crippen LogP contribution in [0.4, 0.5) is 0 Å². The van der Waals surface area contributed by atoms with E-state index < -0.39 is 0 Å². The number of fused-ring (bicyclic) bond motifs is 1. The second kappa shape index (κ2) is 8.41. The van der Waals surface area contributed by atoms with Gasteiger partial charge in [0, 0.05) is 0 Å². The highest BCUT2D eigenvalue weighted by atomic mass is 32.2. The number of hydrogen-bond donors (Lipinski definition) is 1. The van der Waals surface area contributed by atoms with E-state index in [0.29, 0.717) is 29.6 Å². The standard InChI is InChI=1S/C23H20N2O3S/c1-2-27-20-12-15(13-21-22(26)25-23(24)29-21)10-11-19(20)28-14-17-8-5-7-16-6-3-4-9-18(16)17/h3-13H,2,14H2,1H3,(H2,24,25,26)/b21-13+. The summed E-state index contributed by atoms with van der Waals surface area (Å²) in [6.07, 6.45) is 1.76. The van der Waals surface area contributed by atoms with Crippen molar-refractivity contribution >= 4 is 39.7 Å². The number of rotatable bonds is 6. The zero-order valence-electron chi connectivity index (χ0n) is 15.9. The molecule has 4 rings (SSSR count). The number of carbonyl (C=O) groups excluding carboxylic acids is 1. The predicted octanol–water partition coefficient (Wildman–Crippen LogP) is 4.75. The summed E-state index contributed by atoms with van der Waals surface area (Å²) in [7, 11) is 0. The van der Waals surface area contributed by atoms with Crippen LogP contribution in [0.1, 0.15) is 18.1 Å². The molecule has 1 amide bonds. The van der Waals surface area contributed by atoms with Crippen molar-refractivity contribution in [1.82, 2.24) is 0 Å². The Morgan fingerprint density at radius 3 is 2.66 bits per heavy atom. The minimum absolute atomic E-state index is 0.265. The van der Waals surface area contributed by atoms with E-state index in [9.17, 15) is 4.79 Å². The molecule has 0 saturated heterocycles. The molecule has 0 atom stereocenters. The quantitative estimate of drug-likeness (QED) is 0.600. The summed E-state index contributed by atoms with van der Waals surface area (Å²) in [5, 5.41) is 2.62. The molecule has 0 spiro atoms. The molecule has 0 unspecified atom stereocenters. The maximum Gasteiger partial charge on any atom is 0.286 e. The molecule has 6 heteroatoms. The highest BCUT2D eigenvalue weighted by Gasteiger charge is 2.19. The number of nitrogens with two attached hydrogens (primary N) is 1. The first-order valence-electron chi connectivity index (χ1n) is 9.28. The van der Waals surface area contributed by atoms with Gasteiger partial charge < -0.3 is 15.2 Å². The molecule has 0 fully saturated rings. The largest absolute Gasteiger partial charge is 0.490 e. The second-order valence-electron chi connectivity index (χ2n) is 6.43. The third-order valence-corrected chi connectivity index (χ3v) is 5.28. The lowest BCUT2D eigenvalue weighted by Gasteiger charge is -2.14. The summed E-state index contributed by atoms with van der Waals surface area (Å²) in [5.41, 5.74) is 7.55. The van der Waals surface area contributed by atoms with Crippen LogP contribution in [0.25, 0.3) is 16.8 Å². The number of benzene rings is 3. The first-order valence-corrected chi connectivity index (χ1v) is 10.1. The van der Waals surface area contributed by atoms with E-state index in [2.05, 4.69) is 29.3 Å². The van der Waals surface area contributed by atoms with Gasteiger partial charge in [-0.05, 0) is 58.8 Å². The average molecular weight is 404 g/mol. The molecular weight excluding hydrogens is 384 g/mol. The highest BCUT2D eigenvalue weighted by molar-refractivity contribution is 8.18. The van der Waals surface area contributed by atoms with Crippen molar-refractivity contribution in [1.29, 1.82) is 0 Å². The molecular formula is C23H20N2O3S. The number of carbonyl (C=O) groups is 1. The van der Waals surface area contributed by atoms with Crippen LogP contribution in [0.2, 0.25) is 0 Å². The van der Waals surface area contributed by atoms with Crippen molar-refractivity contribution in [3.63, 3.8) is 0 Å². The van der Waals surface area contributed by atoms with Gasteiger partial charge in [0.05, 0.1) is 11.5 Å².